The summed E-state index contributed by atoms with van der Waals surface area (Å²) in [6, 6.07) is 49.8. The first kappa shape index (κ1) is 26.9. The van der Waals surface area contributed by atoms with E-state index in [4.69, 9.17) is 9.40 Å². The summed E-state index contributed by atoms with van der Waals surface area (Å²) < 4.78 is 6.36. The Bertz CT molecular complexity index is 2250. The Hall–Kier alpha value is -5.47. The summed E-state index contributed by atoms with van der Waals surface area (Å²) >= 11 is 0. The lowest BCUT2D eigenvalue weighted by molar-refractivity contribution is 0.382. The van der Waals surface area contributed by atoms with Crippen LogP contribution in [-0.2, 0) is 11.8 Å². The Morgan fingerprint density at radius 3 is 1.91 bits per heavy atom. The lowest BCUT2D eigenvalue weighted by atomic mass is 9.73. The van der Waals surface area contributed by atoms with Gasteiger partial charge in [0.2, 0.25) is 0 Å². The van der Waals surface area contributed by atoms with Crippen LogP contribution in [0.1, 0.15) is 36.3 Å². The highest BCUT2D eigenvalue weighted by Crippen LogP contribution is 2.55. The second-order valence-corrected chi connectivity index (χ2v) is 13.2. The van der Waals surface area contributed by atoms with Gasteiger partial charge in [-0.25, -0.2) is 4.98 Å². The molecular weight excluding hydrogens is 558 g/mol. The van der Waals surface area contributed by atoms with Crippen molar-refractivity contribution in [2.75, 3.05) is 0 Å². The molecule has 0 N–H and O–H groups in total. The SMILES string of the molecule is CC1(C)c2ccc(-c3cccc(-c4cc(-c5ccccc5)nc(-c5ccccc5)c4)c3)cc2C2=Cc3c(oc4ccccc34)CC21. The van der Waals surface area contributed by atoms with E-state index in [0.717, 1.165) is 45.8 Å². The van der Waals surface area contributed by atoms with Crippen molar-refractivity contribution in [1.29, 1.82) is 0 Å². The summed E-state index contributed by atoms with van der Waals surface area (Å²) in [7, 11) is 0. The molecule has 0 fully saturated rings. The molecule has 1 unspecified atom stereocenters. The summed E-state index contributed by atoms with van der Waals surface area (Å²) in [5.41, 5.74) is 15.5. The van der Waals surface area contributed by atoms with Crippen molar-refractivity contribution < 1.29 is 4.42 Å². The van der Waals surface area contributed by atoms with Crippen LogP contribution in [-0.4, -0.2) is 4.98 Å². The van der Waals surface area contributed by atoms with Crippen LogP contribution in [0.5, 0.6) is 0 Å². The van der Waals surface area contributed by atoms with Crippen molar-refractivity contribution >= 4 is 22.6 Å². The molecule has 2 heterocycles. The van der Waals surface area contributed by atoms with Crippen LogP contribution < -0.4 is 0 Å². The average Bonchev–Trinajstić information content (AvgIpc) is 3.59. The number of benzene rings is 5. The summed E-state index contributed by atoms with van der Waals surface area (Å²) in [6.07, 6.45) is 3.34. The third kappa shape index (κ3) is 4.29. The van der Waals surface area contributed by atoms with Crippen LogP contribution in [0, 0.1) is 5.92 Å². The molecule has 0 saturated heterocycles. The van der Waals surface area contributed by atoms with Gasteiger partial charge in [-0.3, -0.25) is 0 Å². The number of hydrogen-bond acceptors (Lipinski definition) is 2. The second kappa shape index (κ2) is 10.3. The third-order valence-electron chi connectivity index (χ3n) is 10.2. The van der Waals surface area contributed by atoms with Crippen LogP contribution in [0.15, 0.2) is 144 Å². The van der Waals surface area contributed by atoms with Crippen LogP contribution in [0.3, 0.4) is 0 Å². The minimum absolute atomic E-state index is 0.0247. The Balaban J connectivity index is 1.15. The van der Waals surface area contributed by atoms with Gasteiger partial charge >= 0.3 is 0 Å². The molecule has 2 aliphatic carbocycles. The maximum atomic E-state index is 6.36. The maximum absolute atomic E-state index is 6.36. The predicted octanol–water partition coefficient (Wildman–Crippen LogP) is 11.5. The smallest absolute Gasteiger partial charge is 0.134 e. The molecule has 2 aliphatic rings. The zero-order valence-electron chi connectivity index (χ0n) is 26.0. The molecule has 0 saturated carbocycles. The zero-order chi connectivity index (χ0) is 30.8. The molecular formula is C44H33NO. The fraction of sp³-hybridized carbons (Fsp3) is 0.114. The predicted molar refractivity (Wildman–Crippen MR) is 190 cm³/mol. The number of allylic oxidation sites excluding steroid dienone is 1. The fourth-order valence-corrected chi connectivity index (χ4v) is 7.69. The molecule has 0 amide bonds. The summed E-state index contributed by atoms with van der Waals surface area (Å²) in [6.45, 7) is 4.78. The number of para-hydroxylation sites is 1. The number of nitrogens with zero attached hydrogens (tertiary/aromatic N) is 1. The second-order valence-electron chi connectivity index (χ2n) is 13.2. The molecule has 9 rings (SSSR count). The lowest BCUT2D eigenvalue weighted by Gasteiger charge is -2.30. The molecule has 46 heavy (non-hydrogen) atoms. The van der Waals surface area contributed by atoms with Gasteiger partial charge in [-0.15, -0.1) is 0 Å². The number of furan rings is 1. The fourth-order valence-electron chi connectivity index (χ4n) is 7.69. The molecule has 1 atom stereocenters. The van der Waals surface area contributed by atoms with E-state index in [-0.39, 0.29) is 5.41 Å². The van der Waals surface area contributed by atoms with E-state index in [9.17, 15) is 0 Å². The monoisotopic (exact) mass is 591 g/mol. The Morgan fingerprint density at radius 1 is 0.587 bits per heavy atom. The first-order chi connectivity index (χ1) is 22.5. The Morgan fingerprint density at radius 2 is 1.20 bits per heavy atom. The molecule has 2 nitrogen and oxygen atoms in total. The van der Waals surface area contributed by atoms with E-state index in [1.54, 1.807) is 0 Å². The van der Waals surface area contributed by atoms with E-state index in [0.29, 0.717) is 5.92 Å². The van der Waals surface area contributed by atoms with Gasteiger partial charge in [-0.2, -0.15) is 0 Å². The topological polar surface area (TPSA) is 26.0 Å². The van der Waals surface area contributed by atoms with Gasteiger partial charge in [0.1, 0.15) is 11.3 Å². The normalized spacial score (nSPS) is 16.0. The standard InChI is InChI=1S/C44H33NO/c1-44(2)38-21-20-32(23-35(38)36-26-37-34-18-9-10-19-42(34)46-43(37)27-39(36)44)30-16-11-17-31(22-30)33-24-40(28-12-5-3-6-13-28)45-41(25-33)29-14-7-4-8-15-29/h3-26,39H,27H2,1-2H3. The Kier molecular flexibility index (Phi) is 6.01. The maximum Gasteiger partial charge on any atom is 0.134 e. The highest BCUT2D eigenvalue weighted by Gasteiger charge is 2.45. The first-order valence-electron chi connectivity index (χ1n) is 16.1. The van der Waals surface area contributed by atoms with Gasteiger partial charge in [0.25, 0.3) is 0 Å². The number of pyridine rings is 1. The van der Waals surface area contributed by atoms with E-state index < -0.39 is 0 Å². The summed E-state index contributed by atoms with van der Waals surface area (Å²) in [5, 5.41) is 1.21. The van der Waals surface area contributed by atoms with Gasteiger partial charge in [-0.1, -0.05) is 123 Å². The van der Waals surface area contributed by atoms with E-state index >= 15 is 0 Å². The van der Waals surface area contributed by atoms with Crippen molar-refractivity contribution in [3.63, 3.8) is 0 Å². The number of rotatable bonds is 4. The largest absolute Gasteiger partial charge is 0.460 e. The van der Waals surface area contributed by atoms with Crippen LogP contribution >= 0.6 is 0 Å². The highest BCUT2D eigenvalue weighted by atomic mass is 16.3. The van der Waals surface area contributed by atoms with E-state index in [1.165, 1.54) is 44.3 Å². The third-order valence-corrected chi connectivity index (χ3v) is 10.2. The molecule has 0 spiro atoms. The van der Waals surface area contributed by atoms with Crippen LogP contribution in [0.25, 0.3) is 67.4 Å². The molecule has 0 radical (unpaired) electrons. The van der Waals surface area contributed by atoms with Crippen molar-refractivity contribution in [2.24, 2.45) is 5.92 Å². The van der Waals surface area contributed by atoms with Crippen LogP contribution in [0.4, 0.5) is 0 Å². The lowest BCUT2D eigenvalue weighted by Crippen LogP contribution is -2.26. The van der Waals surface area contributed by atoms with Gasteiger partial charge < -0.3 is 4.42 Å². The van der Waals surface area contributed by atoms with Gasteiger partial charge in [0, 0.05) is 34.4 Å². The van der Waals surface area contributed by atoms with E-state index in [1.807, 2.05) is 0 Å². The highest BCUT2D eigenvalue weighted by molar-refractivity contribution is 5.99. The quantitative estimate of drug-likeness (QED) is 0.203. The van der Waals surface area contributed by atoms with Gasteiger partial charge in [-0.05, 0) is 80.8 Å². The molecule has 0 bridgehead atoms. The summed E-state index contributed by atoms with van der Waals surface area (Å²) in [4.78, 5) is 5.09. The van der Waals surface area contributed by atoms with Crippen molar-refractivity contribution in [2.45, 2.75) is 25.7 Å². The van der Waals surface area contributed by atoms with Crippen LogP contribution in [0.2, 0.25) is 0 Å². The number of fused-ring (bicyclic) bond motifs is 6. The zero-order valence-corrected chi connectivity index (χ0v) is 26.0. The molecule has 220 valence electrons. The first-order valence-corrected chi connectivity index (χ1v) is 16.1. The van der Waals surface area contributed by atoms with Crippen molar-refractivity contribution in [3.05, 3.63) is 162 Å². The molecule has 7 aromatic rings. The minimum atomic E-state index is 0.0247. The molecule has 2 aromatic heterocycles. The molecule has 5 aromatic carbocycles. The Labute approximate surface area is 269 Å². The average molecular weight is 592 g/mol. The molecule has 0 aliphatic heterocycles. The van der Waals surface area contributed by atoms with Crippen molar-refractivity contribution in [3.8, 4) is 44.8 Å². The number of hydrogen-bond donors (Lipinski definition) is 0. The van der Waals surface area contributed by atoms with E-state index in [2.05, 4.69) is 159 Å². The minimum Gasteiger partial charge on any atom is -0.460 e. The summed E-state index contributed by atoms with van der Waals surface area (Å²) in [5.74, 6) is 1.51. The molecule has 2 heteroatoms. The van der Waals surface area contributed by atoms with Gasteiger partial charge in [0.15, 0.2) is 0 Å². The number of aromatic nitrogens is 1. The van der Waals surface area contributed by atoms with Gasteiger partial charge in [0.05, 0.1) is 11.4 Å². The van der Waals surface area contributed by atoms with Crippen molar-refractivity contribution in [1.82, 2.24) is 4.98 Å².